The molecular weight excluding hydrogens is 934 g/mol. The van der Waals surface area contributed by atoms with Crippen molar-refractivity contribution < 1.29 is 21.3 Å². The normalized spacial score (nSPS) is 13.0. The van der Waals surface area contributed by atoms with Gasteiger partial charge in [-0.15, -0.1) is 24.8 Å². The average molecular weight is 983 g/mol. The molecule has 0 saturated heterocycles. The van der Waals surface area contributed by atoms with Crippen LogP contribution in [0.3, 0.4) is 0 Å². The predicted molar refractivity (Wildman–Crippen MR) is 250 cm³/mol. The minimum Gasteiger partial charge on any atom is -0.147 e. The van der Waals surface area contributed by atoms with Crippen molar-refractivity contribution >= 4 is 63.2 Å². The van der Waals surface area contributed by atoms with Crippen molar-refractivity contribution in [2.24, 2.45) is 0 Å². The molecule has 0 amide bonds. The maximum Gasteiger partial charge on any atom is -0.147 e. The zero-order chi connectivity index (χ0) is 37.8. The van der Waals surface area contributed by atoms with E-state index in [1.165, 1.54) is 70.0 Å². The molecule has 0 aromatic heterocycles. The molecule has 0 saturated carbocycles. The van der Waals surface area contributed by atoms with Crippen LogP contribution in [0.1, 0.15) is 81.3 Å². The second-order valence-corrected chi connectivity index (χ2v) is 24.5. The number of hydrogen-bond acceptors (Lipinski definition) is 0. The van der Waals surface area contributed by atoms with Gasteiger partial charge in [0, 0.05) is 0 Å². The van der Waals surface area contributed by atoms with Crippen molar-refractivity contribution in [2.45, 2.75) is 65.2 Å². The molecule has 284 valence electrons. The standard InChI is InChI=1S/C33H33.C13H8Br2.C5H5.2ClH.Zr/c1-32(2,3)30-20-26-24(18-28(30)22-13-9-7-10-14-22)17-25-19-29(23-15-11-8-12-16-23)31(21-27(25)26)33(4,5)6;14-12-5-1-3-10(8-12)7-11-4-2-6-13(15)9-11;1-2-4-5-3-1;;;/h7-16,18,20-21H,17H2,1-6H3;1-6,8-9H;1-3H,4H2;2*1H;. The number of benzene rings is 6. The van der Waals surface area contributed by atoms with Gasteiger partial charge < -0.3 is 0 Å². The summed E-state index contributed by atoms with van der Waals surface area (Å²) in [5, 5.41) is 0. The van der Waals surface area contributed by atoms with E-state index in [9.17, 15) is 0 Å². The van der Waals surface area contributed by atoms with Crippen LogP contribution < -0.4 is 3.27 Å². The van der Waals surface area contributed by atoms with E-state index in [1.54, 1.807) is 6.55 Å². The molecule has 0 fully saturated rings. The van der Waals surface area contributed by atoms with Crippen LogP contribution in [-0.4, -0.2) is 3.21 Å². The summed E-state index contributed by atoms with van der Waals surface area (Å²) >= 11 is 4.68. The third kappa shape index (κ3) is 8.33. The van der Waals surface area contributed by atoms with Crippen molar-refractivity contribution in [1.82, 2.24) is 0 Å². The summed E-state index contributed by atoms with van der Waals surface area (Å²) in [5.74, 6) is 0. The predicted octanol–water partition coefficient (Wildman–Crippen LogP) is 14.9. The van der Waals surface area contributed by atoms with Gasteiger partial charge in [-0.05, 0) is 0 Å². The Morgan fingerprint density at radius 2 is 1.12 bits per heavy atom. The Morgan fingerprint density at radius 1 is 0.571 bits per heavy atom. The fourth-order valence-corrected chi connectivity index (χ4v) is 17.7. The summed E-state index contributed by atoms with van der Waals surface area (Å²) in [4.78, 5) is 0. The maximum absolute atomic E-state index is 3.89. The Balaban J connectivity index is 0.00000266. The van der Waals surface area contributed by atoms with Crippen molar-refractivity contribution in [3.63, 3.8) is 0 Å². The van der Waals surface area contributed by atoms with Crippen LogP contribution >= 0.6 is 56.7 Å². The van der Waals surface area contributed by atoms with E-state index in [2.05, 4.69) is 219 Å². The monoisotopic (exact) mass is 978 g/mol. The molecule has 2 aliphatic carbocycles. The zero-order valence-corrected chi connectivity index (χ0v) is 40.1. The minimum absolute atomic E-state index is 0. The molecule has 5 heteroatoms. The van der Waals surface area contributed by atoms with Gasteiger partial charge in [-0.1, -0.05) is 0 Å². The third-order valence-corrected chi connectivity index (χ3v) is 19.6. The molecular formula is C51H48Br2Cl2Zr. The van der Waals surface area contributed by atoms with E-state index < -0.39 is 21.3 Å². The Labute approximate surface area is 370 Å². The van der Waals surface area contributed by atoms with Gasteiger partial charge in [0.1, 0.15) is 0 Å². The number of rotatable bonds is 6. The van der Waals surface area contributed by atoms with E-state index >= 15 is 0 Å². The van der Waals surface area contributed by atoms with Crippen molar-refractivity contribution in [3.05, 3.63) is 191 Å². The molecule has 0 unspecified atom stereocenters. The molecule has 2 aliphatic rings. The van der Waals surface area contributed by atoms with Gasteiger partial charge >= 0.3 is 349 Å². The Hall–Kier alpha value is -2.91. The Kier molecular flexibility index (Phi) is 13.1. The van der Waals surface area contributed by atoms with Crippen LogP contribution in [0, 0.1) is 0 Å². The van der Waals surface area contributed by atoms with Gasteiger partial charge in [-0.2, -0.15) is 0 Å². The van der Waals surface area contributed by atoms with Gasteiger partial charge in [0.15, 0.2) is 0 Å². The number of hydrogen-bond donors (Lipinski definition) is 0. The number of fused-ring (bicyclic) bond motifs is 3. The first-order valence-electron chi connectivity index (χ1n) is 19.0. The minimum atomic E-state index is -3.09. The maximum atomic E-state index is 3.89. The summed E-state index contributed by atoms with van der Waals surface area (Å²) < 4.78 is 7.00. The second-order valence-electron chi connectivity index (χ2n) is 16.8. The van der Waals surface area contributed by atoms with Gasteiger partial charge in [-0.25, -0.2) is 0 Å². The molecule has 0 atom stereocenters. The molecule has 0 spiro atoms. The quantitative estimate of drug-likeness (QED) is 0.156. The fourth-order valence-electron chi connectivity index (χ4n) is 8.45. The van der Waals surface area contributed by atoms with Crippen molar-refractivity contribution in [3.8, 4) is 33.4 Å². The Morgan fingerprint density at radius 3 is 1.64 bits per heavy atom. The third-order valence-electron chi connectivity index (χ3n) is 10.9. The first-order chi connectivity index (χ1) is 25.9. The largest absolute Gasteiger partial charge is 0.147 e. The first-order valence-corrected chi connectivity index (χ1v) is 24.3. The summed E-state index contributed by atoms with van der Waals surface area (Å²) in [6, 6.07) is 48.2. The van der Waals surface area contributed by atoms with Gasteiger partial charge in [0.25, 0.3) is 0 Å². The molecule has 0 aliphatic heterocycles. The second kappa shape index (κ2) is 17.1. The number of allylic oxidation sites excluding steroid dienone is 4. The molecule has 56 heavy (non-hydrogen) atoms. The van der Waals surface area contributed by atoms with Crippen LogP contribution in [0.25, 0.3) is 33.4 Å². The van der Waals surface area contributed by atoms with Crippen LogP contribution in [0.5, 0.6) is 0 Å². The topological polar surface area (TPSA) is 0 Å². The molecule has 0 bridgehead atoms. The van der Waals surface area contributed by atoms with E-state index in [1.807, 2.05) is 0 Å². The van der Waals surface area contributed by atoms with Crippen LogP contribution in [0.4, 0.5) is 0 Å². The van der Waals surface area contributed by atoms with E-state index in [0.717, 1.165) is 21.8 Å². The molecule has 6 aromatic carbocycles. The van der Waals surface area contributed by atoms with Crippen molar-refractivity contribution in [1.29, 1.82) is 0 Å². The zero-order valence-electron chi connectivity index (χ0n) is 32.8. The van der Waals surface area contributed by atoms with Gasteiger partial charge in [-0.3, -0.25) is 0 Å². The summed E-state index contributed by atoms with van der Waals surface area (Å²) in [6.45, 7) is 14.3. The van der Waals surface area contributed by atoms with Gasteiger partial charge in [0.05, 0.1) is 0 Å². The fraction of sp³-hybridized carbons (Fsp3) is 0.196. The van der Waals surface area contributed by atoms with Crippen molar-refractivity contribution in [2.75, 3.05) is 0 Å². The van der Waals surface area contributed by atoms with E-state index in [0.29, 0.717) is 0 Å². The number of halogens is 4. The summed E-state index contributed by atoms with van der Waals surface area (Å²) in [7, 11) is 0. The van der Waals surface area contributed by atoms with Crippen LogP contribution in [0.2, 0.25) is 0 Å². The van der Waals surface area contributed by atoms with Crippen LogP contribution in [-0.2, 0) is 38.5 Å². The van der Waals surface area contributed by atoms with E-state index in [4.69, 9.17) is 0 Å². The van der Waals surface area contributed by atoms with E-state index in [-0.39, 0.29) is 35.6 Å². The SMILES string of the molecule is CC(C)(C)c1cc2c(cc1-c1ccccc1)Cc1c-2cc(C(C)(C)C)c(-c2ccccc2)[c]1[Zr]([C]1=CC=CC1)=[C](c1cccc(Br)c1)c1cccc(Br)c1.Cl.Cl. The average Bonchev–Trinajstić information content (AvgIpc) is 3.81. The molecule has 6 aromatic rings. The van der Waals surface area contributed by atoms with Gasteiger partial charge in [0.2, 0.25) is 0 Å². The molecule has 8 rings (SSSR count). The van der Waals surface area contributed by atoms with Crippen LogP contribution in [0.15, 0.2) is 158 Å². The Bertz CT molecular complexity index is 2470. The molecule has 0 N–H and O–H groups in total. The summed E-state index contributed by atoms with van der Waals surface area (Å²) in [5.41, 5.74) is 16.6. The molecule has 0 heterocycles. The smallest absolute Gasteiger partial charge is 0.147 e. The first kappa shape index (κ1) is 42.7. The molecule has 0 radical (unpaired) electrons. The summed E-state index contributed by atoms with van der Waals surface area (Å²) in [6.07, 6.45) is 9.10. The molecule has 0 nitrogen and oxygen atoms in total.